The van der Waals surface area contributed by atoms with E-state index in [0.717, 1.165) is 21.3 Å². The molecular weight excluding hydrogens is 300 g/mol. The first-order chi connectivity index (χ1) is 8.22. The number of benzene rings is 1. The van der Waals surface area contributed by atoms with Crippen molar-refractivity contribution >= 4 is 27.3 Å². The zero-order valence-electron chi connectivity index (χ0n) is 9.39. The highest BCUT2D eigenvalue weighted by Gasteiger charge is 2.14. The van der Waals surface area contributed by atoms with Gasteiger partial charge in [0.25, 0.3) is 0 Å². The summed E-state index contributed by atoms with van der Waals surface area (Å²) in [6.45, 7) is 2.60. The van der Waals surface area contributed by atoms with Gasteiger partial charge in [0, 0.05) is 15.4 Å². The fourth-order valence-corrected chi connectivity index (χ4v) is 3.11. The molecule has 0 saturated heterocycles. The van der Waals surface area contributed by atoms with Gasteiger partial charge in [-0.25, -0.2) is 0 Å². The van der Waals surface area contributed by atoms with Crippen LogP contribution in [0.1, 0.15) is 24.2 Å². The summed E-state index contributed by atoms with van der Waals surface area (Å²) in [4.78, 5) is 0. The van der Waals surface area contributed by atoms with Gasteiger partial charge >= 0.3 is 0 Å². The Morgan fingerprint density at radius 1 is 1.29 bits per heavy atom. The summed E-state index contributed by atoms with van der Waals surface area (Å²) >= 11 is 5.00. The monoisotopic (exact) mass is 312 g/mol. The largest absolute Gasteiger partial charge is 0.494 e. The third-order valence-electron chi connectivity index (χ3n) is 2.44. The minimum absolute atomic E-state index is 0.591. The average Bonchev–Trinajstić information content (AvgIpc) is 2.76. The van der Waals surface area contributed by atoms with Crippen LogP contribution in [0.4, 0.5) is 0 Å². The lowest BCUT2D eigenvalue weighted by Crippen LogP contribution is -1.99. The highest BCUT2D eigenvalue weighted by atomic mass is 79.9. The van der Waals surface area contributed by atoms with Crippen molar-refractivity contribution in [2.45, 2.75) is 13.0 Å². The molecule has 0 fully saturated rings. The highest BCUT2D eigenvalue weighted by Crippen LogP contribution is 2.31. The zero-order chi connectivity index (χ0) is 12.3. The van der Waals surface area contributed by atoms with Gasteiger partial charge in [-0.3, -0.25) is 0 Å². The van der Waals surface area contributed by atoms with Gasteiger partial charge in [-0.05, 0) is 45.9 Å². The molecule has 4 heteroatoms. The second-order valence-corrected chi connectivity index (χ2v) is 5.18. The Bertz CT molecular complexity index is 478. The Morgan fingerprint density at radius 2 is 2.00 bits per heavy atom. The number of hydrogen-bond donors (Lipinski definition) is 1. The first kappa shape index (κ1) is 12.6. The van der Waals surface area contributed by atoms with Crippen molar-refractivity contribution in [2.24, 2.45) is 0 Å². The van der Waals surface area contributed by atoms with E-state index in [1.807, 2.05) is 41.9 Å². The fourth-order valence-electron chi connectivity index (χ4n) is 1.58. The van der Waals surface area contributed by atoms with Crippen LogP contribution in [-0.2, 0) is 0 Å². The lowest BCUT2D eigenvalue weighted by atomic mass is 10.0. The maximum Gasteiger partial charge on any atom is 0.119 e. The molecule has 1 aromatic heterocycles. The van der Waals surface area contributed by atoms with E-state index >= 15 is 0 Å². The van der Waals surface area contributed by atoms with Crippen molar-refractivity contribution in [3.05, 3.63) is 50.6 Å². The van der Waals surface area contributed by atoms with Gasteiger partial charge in [0.2, 0.25) is 0 Å². The second kappa shape index (κ2) is 5.67. The van der Waals surface area contributed by atoms with Crippen molar-refractivity contribution in [1.29, 1.82) is 0 Å². The zero-order valence-corrected chi connectivity index (χ0v) is 11.8. The molecule has 0 amide bonds. The summed E-state index contributed by atoms with van der Waals surface area (Å²) in [5.41, 5.74) is 1.77. The van der Waals surface area contributed by atoms with Crippen molar-refractivity contribution in [2.75, 3.05) is 6.61 Å². The van der Waals surface area contributed by atoms with Crippen LogP contribution >= 0.6 is 27.3 Å². The van der Waals surface area contributed by atoms with Crippen LogP contribution in [0.15, 0.2) is 39.5 Å². The van der Waals surface area contributed by atoms with Crippen LogP contribution in [0.3, 0.4) is 0 Å². The fraction of sp³-hybridized carbons (Fsp3) is 0.231. The predicted molar refractivity (Wildman–Crippen MR) is 73.7 cm³/mol. The maximum atomic E-state index is 10.2. The number of aliphatic hydroxyl groups is 1. The number of ether oxygens (including phenoxy) is 1. The molecule has 0 bridgehead atoms. The summed E-state index contributed by atoms with van der Waals surface area (Å²) in [5, 5.41) is 14.1. The molecule has 90 valence electrons. The van der Waals surface area contributed by atoms with E-state index in [9.17, 15) is 5.11 Å². The van der Waals surface area contributed by atoms with E-state index in [2.05, 4.69) is 15.9 Å². The van der Waals surface area contributed by atoms with Gasteiger partial charge in [0.1, 0.15) is 11.9 Å². The van der Waals surface area contributed by atoms with Crippen LogP contribution < -0.4 is 4.74 Å². The van der Waals surface area contributed by atoms with E-state index in [-0.39, 0.29) is 0 Å². The van der Waals surface area contributed by atoms with Gasteiger partial charge in [-0.1, -0.05) is 12.1 Å². The molecule has 0 spiro atoms. The maximum absolute atomic E-state index is 10.2. The smallest absolute Gasteiger partial charge is 0.119 e. The number of thiophene rings is 1. The highest BCUT2D eigenvalue weighted by molar-refractivity contribution is 9.10. The molecule has 1 heterocycles. The van der Waals surface area contributed by atoms with E-state index in [0.29, 0.717) is 6.61 Å². The quantitative estimate of drug-likeness (QED) is 0.925. The molecule has 1 unspecified atom stereocenters. The van der Waals surface area contributed by atoms with E-state index in [1.54, 1.807) is 11.3 Å². The molecule has 1 aromatic carbocycles. The second-order valence-electron chi connectivity index (χ2n) is 3.58. The molecule has 0 radical (unpaired) electrons. The van der Waals surface area contributed by atoms with Crippen molar-refractivity contribution < 1.29 is 9.84 Å². The van der Waals surface area contributed by atoms with Crippen molar-refractivity contribution in [3.8, 4) is 5.75 Å². The van der Waals surface area contributed by atoms with Crippen LogP contribution in [0.2, 0.25) is 0 Å². The molecule has 1 N–H and O–H groups in total. The molecule has 0 aliphatic rings. The molecule has 0 aliphatic heterocycles. The first-order valence-corrected chi connectivity index (χ1v) is 7.08. The first-order valence-electron chi connectivity index (χ1n) is 5.34. The Kier molecular flexibility index (Phi) is 4.20. The number of hydrogen-bond acceptors (Lipinski definition) is 3. The third kappa shape index (κ3) is 2.89. The molecule has 17 heavy (non-hydrogen) atoms. The lowest BCUT2D eigenvalue weighted by Gasteiger charge is -2.11. The van der Waals surface area contributed by atoms with Crippen molar-refractivity contribution in [3.63, 3.8) is 0 Å². The van der Waals surface area contributed by atoms with Gasteiger partial charge in [-0.2, -0.15) is 11.3 Å². The Labute approximate surface area is 113 Å². The Morgan fingerprint density at radius 3 is 2.53 bits per heavy atom. The van der Waals surface area contributed by atoms with Gasteiger partial charge in [-0.15, -0.1) is 0 Å². The normalized spacial score (nSPS) is 12.4. The molecule has 1 atom stereocenters. The lowest BCUT2D eigenvalue weighted by molar-refractivity contribution is 0.220. The average molecular weight is 313 g/mol. The molecule has 2 nitrogen and oxygen atoms in total. The van der Waals surface area contributed by atoms with E-state index in [1.165, 1.54) is 0 Å². The van der Waals surface area contributed by atoms with Crippen LogP contribution in [0.5, 0.6) is 5.75 Å². The topological polar surface area (TPSA) is 29.5 Å². The van der Waals surface area contributed by atoms with Crippen LogP contribution in [0.25, 0.3) is 0 Å². The summed E-state index contributed by atoms with van der Waals surface area (Å²) in [6, 6.07) is 7.53. The Hall–Kier alpha value is -0.840. The van der Waals surface area contributed by atoms with E-state index < -0.39 is 6.10 Å². The van der Waals surface area contributed by atoms with Gasteiger partial charge < -0.3 is 9.84 Å². The van der Waals surface area contributed by atoms with Crippen LogP contribution in [0, 0.1) is 0 Å². The molecule has 0 aliphatic carbocycles. The molecule has 2 aromatic rings. The third-order valence-corrected chi connectivity index (χ3v) is 4.20. The summed E-state index contributed by atoms with van der Waals surface area (Å²) in [5.74, 6) is 0.827. The number of rotatable bonds is 4. The summed E-state index contributed by atoms with van der Waals surface area (Å²) < 4.78 is 6.31. The minimum atomic E-state index is -0.591. The van der Waals surface area contributed by atoms with E-state index in [4.69, 9.17) is 4.74 Å². The number of aliphatic hydroxyl groups excluding tert-OH is 1. The standard InChI is InChI=1S/C13H13BrO2S/c1-2-16-10-5-3-9(4-6-10)13(15)11-7-17-8-12(11)14/h3-8,13,15H,2H2,1H3. The summed E-state index contributed by atoms with van der Waals surface area (Å²) in [7, 11) is 0. The number of halogens is 1. The molecule has 2 rings (SSSR count). The molecule has 0 saturated carbocycles. The van der Waals surface area contributed by atoms with Gasteiger partial charge in [0.05, 0.1) is 6.61 Å². The minimum Gasteiger partial charge on any atom is -0.494 e. The SMILES string of the molecule is CCOc1ccc(C(O)c2cscc2Br)cc1. The van der Waals surface area contributed by atoms with Crippen molar-refractivity contribution in [1.82, 2.24) is 0 Å². The van der Waals surface area contributed by atoms with Gasteiger partial charge in [0.15, 0.2) is 0 Å². The van der Waals surface area contributed by atoms with Crippen LogP contribution in [-0.4, -0.2) is 11.7 Å². The molecular formula is C13H13BrO2S. The Balaban J connectivity index is 2.20. The predicted octanol–water partition coefficient (Wildman–Crippen LogP) is 3.99. The summed E-state index contributed by atoms with van der Waals surface area (Å²) in [6.07, 6.45) is -0.591.